The Labute approximate surface area is 113 Å². The summed E-state index contributed by atoms with van der Waals surface area (Å²) in [7, 11) is 1.75. The second-order valence-electron chi connectivity index (χ2n) is 4.01. The van der Waals surface area contributed by atoms with E-state index < -0.39 is 5.97 Å². The minimum Gasteiger partial charge on any atom is -0.477 e. The summed E-state index contributed by atoms with van der Waals surface area (Å²) in [6.45, 7) is 1.57. The standard InChI is InChI=1S/C10H12ClN3O3S/c1-13-3-2-4-14(5-6(13)15)10-12-8(11)7(18-10)9(16)17/h2-5H2,1H3,(H,16,17). The highest BCUT2D eigenvalue weighted by atomic mass is 35.5. The predicted octanol–water partition coefficient (Wildman–Crippen LogP) is 1.16. The molecule has 0 unspecified atom stereocenters. The number of carbonyl (C=O) groups is 2. The zero-order valence-electron chi connectivity index (χ0n) is 9.72. The quantitative estimate of drug-likeness (QED) is 0.884. The Kier molecular flexibility index (Phi) is 3.72. The molecule has 2 rings (SSSR count). The van der Waals surface area contributed by atoms with Crippen molar-refractivity contribution in [2.45, 2.75) is 6.42 Å². The largest absolute Gasteiger partial charge is 0.477 e. The van der Waals surface area contributed by atoms with Crippen molar-refractivity contribution in [1.29, 1.82) is 0 Å². The first-order valence-corrected chi connectivity index (χ1v) is 6.57. The van der Waals surface area contributed by atoms with Gasteiger partial charge in [-0.15, -0.1) is 0 Å². The molecule has 1 aromatic heterocycles. The first-order valence-electron chi connectivity index (χ1n) is 5.37. The molecule has 0 aliphatic carbocycles. The molecule has 1 amide bonds. The van der Waals surface area contributed by atoms with E-state index in [1.807, 2.05) is 0 Å². The highest BCUT2D eigenvalue weighted by molar-refractivity contribution is 7.18. The summed E-state index contributed by atoms with van der Waals surface area (Å²) < 4.78 is 0. The number of hydrogen-bond acceptors (Lipinski definition) is 5. The number of nitrogens with zero attached hydrogens (tertiary/aromatic N) is 3. The summed E-state index contributed by atoms with van der Waals surface area (Å²) in [5, 5.41) is 9.39. The number of aromatic carboxylic acids is 1. The van der Waals surface area contributed by atoms with E-state index in [1.165, 1.54) is 0 Å². The van der Waals surface area contributed by atoms with Crippen LogP contribution in [0.5, 0.6) is 0 Å². The van der Waals surface area contributed by atoms with Gasteiger partial charge in [0.25, 0.3) is 0 Å². The van der Waals surface area contributed by atoms with Crippen LogP contribution in [0.1, 0.15) is 16.1 Å². The zero-order valence-corrected chi connectivity index (χ0v) is 11.3. The Morgan fingerprint density at radius 2 is 2.22 bits per heavy atom. The minimum absolute atomic E-state index is 0.00398. The summed E-state index contributed by atoms with van der Waals surface area (Å²) in [5.41, 5.74) is 0. The third kappa shape index (κ3) is 2.56. The number of aromatic nitrogens is 1. The van der Waals surface area contributed by atoms with Crippen molar-refractivity contribution in [2.24, 2.45) is 0 Å². The van der Waals surface area contributed by atoms with Gasteiger partial charge >= 0.3 is 5.97 Å². The Morgan fingerprint density at radius 3 is 2.83 bits per heavy atom. The lowest BCUT2D eigenvalue weighted by Crippen LogP contribution is -2.34. The van der Waals surface area contributed by atoms with Crippen molar-refractivity contribution in [3.8, 4) is 0 Å². The maximum Gasteiger partial charge on any atom is 0.349 e. The minimum atomic E-state index is -1.10. The molecular weight excluding hydrogens is 278 g/mol. The van der Waals surface area contributed by atoms with Gasteiger partial charge in [-0.3, -0.25) is 4.79 Å². The van der Waals surface area contributed by atoms with Gasteiger partial charge in [0.2, 0.25) is 5.91 Å². The third-order valence-corrected chi connectivity index (χ3v) is 4.20. The molecule has 0 saturated carbocycles. The van der Waals surface area contributed by atoms with E-state index in [0.717, 1.165) is 17.8 Å². The van der Waals surface area contributed by atoms with E-state index in [0.29, 0.717) is 18.2 Å². The van der Waals surface area contributed by atoms with Crippen molar-refractivity contribution >= 4 is 39.9 Å². The molecule has 0 atom stereocenters. The number of likely N-dealkylation sites (N-methyl/N-ethyl adjacent to an activating group) is 1. The Balaban J connectivity index is 2.23. The van der Waals surface area contributed by atoms with E-state index in [2.05, 4.69) is 4.98 Å². The number of hydrogen-bond donors (Lipinski definition) is 1. The smallest absolute Gasteiger partial charge is 0.349 e. The molecule has 1 saturated heterocycles. The maximum absolute atomic E-state index is 11.7. The molecule has 98 valence electrons. The maximum atomic E-state index is 11.7. The average molecular weight is 290 g/mol. The second kappa shape index (κ2) is 5.11. The van der Waals surface area contributed by atoms with Gasteiger partial charge in [-0.25, -0.2) is 9.78 Å². The van der Waals surface area contributed by atoms with Gasteiger partial charge in [-0.2, -0.15) is 0 Å². The van der Waals surface area contributed by atoms with Crippen LogP contribution in [0, 0.1) is 0 Å². The first-order chi connectivity index (χ1) is 8.49. The lowest BCUT2D eigenvalue weighted by molar-refractivity contribution is -0.127. The molecule has 1 fully saturated rings. The van der Waals surface area contributed by atoms with E-state index in [1.54, 1.807) is 16.8 Å². The molecule has 1 aliphatic heterocycles. The molecule has 18 heavy (non-hydrogen) atoms. The van der Waals surface area contributed by atoms with Gasteiger partial charge in [-0.05, 0) is 6.42 Å². The number of thiazole rings is 1. The average Bonchev–Trinajstić information content (AvgIpc) is 2.61. The van der Waals surface area contributed by atoms with E-state index in [9.17, 15) is 9.59 Å². The van der Waals surface area contributed by atoms with Crippen molar-refractivity contribution in [3.63, 3.8) is 0 Å². The molecule has 8 heteroatoms. The van der Waals surface area contributed by atoms with Gasteiger partial charge in [0.05, 0.1) is 6.54 Å². The first kappa shape index (κ1) is 13.1. The Morgan fingerprint density at radius 1 is 1.50 bits per heavy atom. The van der Waals surface area contributed by atoms with E-state index in [4.69, 9.17) is 16.7 Å². The van der Waals surface area contributed by atoms with Crippen LogP contribution in [0.2, 0.25) is 5.15 Å². The molecule has 0 radical (unpaired) electrons. The van der Waals surface area contributed by atoms with Gasteiger partial charge in [0, 0.05) is 20.1 Å². The van der Waals surface area contributed by atoms with Crippen molar-refractivity contribution in [2.75, 3.05) is 31.6 Å². The van der Waals surface area contributed by atoms with Gasteiger partial charge in [0.1, 0.15) is 0 Å². The fourth-order valence-electron chi connectivity index (χ4n) is 1.71. The number of anilines is 1. The molecule has 1 N–H and O–H groups in total. The molecule has 1 aromatic rings. The molecule has 0 bridgehead atoms. The summed E-state index contributed by atoms with van der Waals surface area (Å²) >= 11 is 6.76. The number of carbonyl (C=O) groups excluding carboxylic acids is 1. The summed E-state index contributed by atoms with van der Waals surface area (Å²) in [6, 6.07) is 0. The monoisotopic (exact) mass is 289 g/mol. The Hall–Kier alpha value is -1.34. The molecule has 0 aromatic carbocycles. The highest BCUT2D eigenvalue weighted by Gasteiger charge is 2.24. The third-order valence-electron chi connectivity index (χ3n) is 2.71. The number of halogens is 1. The van der Waals surface area contributed by atoms with Crippen LogP contribution in [0.4, 0.5) is 5.13 Å². The molecular formula is C10H12ClN3O3S. The topological polar surface area (TPSA) is 73.7 Å². The lowest BCUT2D eigenvalue weighted by Gasteiger charge is -2.18. The summed E-state index contributed by atoms with van der Waals surface area (Å²) in [6.07, 6.45) is 0.821. The summed E-state index contributed by atoms with van der Waals surface area (Å²) in [4.78, 5) is 30.1. The van der Waals surface area contributed by atoms with Crippen LogP contribution in [-0.2, 0) is 4.79 Å². The number of carboxylic acid groups (broad SMARTS) is 1. The van der Waals surface area contributed by atoms with E-state index >= 15 is 0 Å². The molecule has 2 heterocycles. The van der Waals surface area contributed by atoms with Crippen LogP contribution < -0.4 is 4.90 Å². The molecule has 6 nitrogen and oxygen atoms in total. The highest BCUT2D eigenvalue weighted by Crippen LogP contribution is 2.30. The van der Waals surface area contributed by atoms with Crippen LogP contribution >= 0.6 is 22.9 Å². The van der Waals surface area contributed by atoms with Crippen LogP contribution in [-0.4, -0.2) is 53.5 Å². The van der Waals surface area contributed by atoms with Crippen molar-refractivity contribution in [1.82, 2.24) is 9.88 Å². The zero-order chi connectivity index (χ0) is 13.3. The van der Waals surface area contributed by atoms with Gasteiger partial charge in [0.15, 0.2) is 15.2 Å². The Bertz CT molecular complexity index is 491. The molecule has 0 spiro atoms. The molecule has 1 aliphatic rings. The normalized spacial score (nSPS) is 16.9. The summed E-state index contributed by atoms with van der Waals surface area (Å²) in [5.74, 6) is -1.10. The van der Waals surface area contributed by atoms with Gasteiger partial charge in [-0.1, -0.05) is 22.9 Å². The fourth-order valence-corrected chi connectivity index (χ4v) is 2.86. The number of carboxylic acids is 1. The SMILES string of the molecule is CN1CCCN(c2nc(Cl)c(C(=O)O)s2)CC1=O. The number of rotatable bonds is 2. The van der Waals surface area contributed by atoms with Crippen molar-refractivity contribution < 1.29 is 14.7 Å². The van der Waals surface area contributed by atoms with E-state index in [-0.39, 0.29) is 22.5 Å². The van der Waals surface area contributed by atoms with Crippen LogP contribution in [0.25, 0.3) is 0 Å². The number of amides is 1. The fraction of sp³-hybridized carbons (Fsp3) is 0.500. The lowest BCUT2D eigenvalue weighted by atomic mass is 10.4. The van der Waals surface area contributed by atoms with Crippen LogP contribution in [0.3, 0.4) is 0 Å². The van der Waals surface area contributed by atoms with Crippen LogP contribution in [0.15, 0.2) is 0 Å². The predicted molar refractivity (Wildman–Crippen MR) is 68.6 cm³/mol. The van der Waals surface area contributed by atoms with Gasteiger partial charge < -0.3 is 14.9 Å². The van der Waals surface area contributed by atoms with Crippen molar-refractivity contribution in [3.05, 3.63) is 10.0 Å². The second-order valence-corrected chi connectivity index (χ2v) is 5.35.